The average molecular weight is 344 g/mol. The summed E-state index contributed by atoms with van der Waals surface area (Å²) < 4.78 is 0.798. The number of amides is 1. The van der Waals surface area contributed by atoms with Crippen molar-refractivity contribution >= 4 is 27.5 Å². The molecule has 106 valence electrons. The molecule has 2 aromatic rings. The smallest absolute Gasteiger partial charge is 0.255 e. The van der Waals surface area contributed by atoms with Crippen molar-refractivity contribution in [3.8, 4) is 6.07 Å². The molecular weight excluding hydrogens is 330 g/mol. The summed E-state index contributed by atoms with van der Waals surface area (Å²) in [5, 5.41) is 11.9. The minimum absolute atomic E-state index is 0.242. The molecule has 0 saturated heterocycles. The van der Waals surface area contributed by atoms with Gasteiger partial charge in [0.05, 0.1) is 11.3 Å². The fourth-order valence-electron chi connectivity index (χ4n) is 2.02. The molecule has 1 amide bonds. The summed E-state index contributed by atoms with van der Waals surface area (Å²) in [7, 11) is 0. The van der Waals surface area contributed by atoms with Gasteiger partial charge >= 0.3 is 0 Å². The second-order valence-electron chi connectivity index (χ2n) is 4.45. The van der Waals surface area contributed by atoms with Crippen molar-refractivity contribution in [2.45, 2.75) is 6.42 Å². The SMILES string of the molecule is N#Cc1ccc(Br)cc1NC(=O)c1ccccc1CCN. The highest BCUT2D eigenvalue weighted by Gasteiger charge is 2.12. The molecule has 0 aliphatic rings. The molecular formula is C16H14BrN3O. The predicted molar refractivity (Wildman–Crippen MR) is 86.0 cm³/mol. The van der Waals surface area contributed by atoms with Crippen LogP contribution >= 0.6 is 15.9 Å². The largest absolute Gasteiger partial charge is 0.330 e. The molecule has 3 N–H and O–H groups in total. The number of nitrogens with one attached hydrogen (secondary N) is 1. The lowest BCUT2D eigenvalue weighted by atomic mass is 10.0. The molecule has 0 aromatic heterocycles. The maximum absolute atomic E-state index is 12.4. The molecule has 0 bridgehead atoms. The molecule has 0 saturated carbocycles. The average Bonchev–Trinajstić information content (AvgIpc) is 2.48. The van der Waals surface area contributed by atoms with Gasteiger partial charge < -0.3 is 11.1 Å². The Bertz CT molecular complexity index is 707. The van der Waals surface area contributed by atoms with Gasteiger partial charge in [0, 0.05) is 10.0 Å². The van der Waals surface area contributed by atoms with Gasteiger partial charge in [-0.05, 0) is 42.8 Å². The van der Waals surface area contributed by atoms with Gasteiger partial charge in [-0.15, -0.1) is 0 Å². The van der Waals surface area contributed by atoms with Crippen LogP contribution in [0.3, 0.4) is 0 Å². The minimum Gasteiger partial charge on any atom is -0.330 e. The van der Waals surface area contributed by atoms with Gasteiger partial charge in [-0.2, -0.15) is 5.26 Å². The van der Waals surface area contributed by atoms with Gasteiger partial charge in [-0.25, -0.2) is 0 Å². The summed E-state index contributed by atoms with van der Waals surface area (Å²) in [5.41, 5.74) is 7.94. The fraction of sp³-hybridized carbons (Fsp3) is 0.125. The van der Waals surface area contributed by atoms with E-state index in [-0.39, 0.29) is 5.91 Å². The molecule has 0 atom stereocenters. The Morgan fingerprint density at radius 2 is 2.05 bits per heavy atom. The topological polar surface area (TPSA) is 78.9 Å². The van der Waals surface area contributed by atoms with E-state index in [0.717, 1.165) is 10.0 Å². The highest BCUT2D eigenvalue weighted by molar-refractivity contribution is 9.10. The van der Waals surface area contributed by atoms with E-state index in [0.29, 0.717) is 29.8 Å². The first-order chi connectivity index (χ1) is 10.2. The van der Waals surface area contributed by atoms with Crippen molar-refractivity contribution in [1.82, 2.24) is 0 Å². The zero-order valence-corrected chi connectivity index (χ0v) is 12.9. The second-order valence-corrected chi connectivity index (χ2v) is 5.37. The number of nitriles is 1. The van der Waals surface area contributed by atoms with Crippen LogP contribution < -0.4 is 11.1 Å². The van der Waals surface area contributed by atoms with Crippen LogP contribution in [0.1, 0.15) is 21.5 Å². The molecule has 0 radical (unpaired) electrons. The molecule has 5 heteroatoms. The van der Waals surface area contributed by atoms with Gasteiger partial charge in [0.2, 0.25) is 0 Å². The van der Waals surface area contributed by atoms with Crippen LogP contribution in [0.4, 0.5) is 5.69 Å². The summed E-state index contributed by atoms with van der Waals surface area (Å²) in [6, 6.07) is 14.5. The lowest BCUT2D eigenvalue weighted by Gasteiger charge is -2.11. The Morgan fingerprint density at radius 1 is 1.29 bits per heavy atom. The monoisotopic (exact) mass is 343 g/mol. The molecule has 4 nitrogen and oxygen atoms in total. The third-order valence-corrected chi connectivity index (χ3v) is 3.52. The number of nitrogens with zero attached hydrogens (tertiary/aromatic N) is 1. The van der Waals surface area contributed by atoms with Crippen LogP contribution in [0.15, 0.2) is 46.9 Å². The van der Waals surface area contributed by atoms with Crippen LogP contribution in [0.5, 0.6) is 0 Å². The quantitative estimate of drug-likeness (QED) is 0.895. The first-order valence-corrected chi connectivity index (χ1v) is 7.24. The van der Waals surface area contributed by atoms with Crippen LogP contribution in [0.25, 0.3) is 0 Å². The molecule has 0 heterocycles. The van der Waals surface area contributed by atoms with E-state index >= 15 is 0 Å². The summed E-state index contributed by atoms with van der Waals surface area (Å²) >= 11 is 3.33. The Kier molecular flexibility index (Phi) is 5.09. The Labute approximate surface area is 131 Å². The fourth-order valence-corrected chi connectivity index (χ4v) is 2.38. The number of nitrogens with two attached hydrogens (primary N) is 1. The number of anilines is 1. The molecule has 0 aliphatic heterocycles. The molecule has 0 aliphatic carbocycles. The van der Waals surface area contributed by atoms with Gasteiger partial charge in [0.15, 0.2) is 0 Å². The van der Waals surface area contributed by atoms with E-state index in [4.69, 9.17) is 11.0 Å². The minimum atomic E-state index is -0.242. The number of halogens is 1. The molecule has 21 heavy (non-hydrogen) atoms. The summed E-state index contributed by atoms with van der Waals surface area (Å²) in [5.74, 6) is -0.242. The van der Waals surface area contributed by atoms with Crippen LogP contribution in [0, 0.1) is 11.3 Å². The highest BCUT2D eigenvalue weighted by Crippen LogP contribution is 2.22. The van der Waals surface area contributed by atoms with E-state index < -0.39 is 0 Å². The predicted octanol–water partition coefficient (Wildman–Crippen LogP) is 3.07. The first-order valence-electron chi connectivity index (χ1n) is 6.44. The summed E-state index contributed by atoms with van der Waals surface area (Å²) in [6.07, 6.45) is 0.632. The molecule has 2 rings (SSSR count). The maximum Gasteiger partial charge on any atom is 0.255 e. The first kappa shape index (κ1) is 15.2. The highest BCUT2D eigenvalue weighted by atomic mass is 79.9. The van der Waals surface area contributed by atoms with E-state index in [1.165, 1.54) is 0 Å². The summed E-state index contributed by atoms with van der Waals surface area (Å²) in [6.45, 7) is 0.477. The van der Waals surface area contributed by atoms with E-state index in [1.54, 1.807) is 30.3 Å². The van der Waals surface area contributed by atoms with E-state index in [1.807, 2.05) is 12.1 Å². The van der Waals surface area contributed by atoms with E-state index in [9.17, 15) is 4.79 Å². The van der Waals surface area contributed by atoms with Crippen molar-refractivity contribution in [3.05, 3.63) is 63.6 Å². The standard InChI is InChI=1S/C16H14BrN3O/c17-13-6-5-12(10-19)15(9-13)20-16(21)14-4-2-1-3-11(14)7-8-18/h1-6,9H,7-8,18H2,(H,20,21). The normalized spacial score (nSPS) is 9.95. The Morgan fingerprint density at radius 3 is 2.76 bits per heavy atom. The van der Waals surface area contributed by atoms with Crippen molar-refractivity contribution in [1.29, 1.82) is 5.26 Å². The lowest BCUT2D eigenvalue weighted by Crippen LogP contribution is -2.16. The van der Waals surface area contributed by atoms with Crippen molar-refractivity contribution < 1.29 is 4.79 Å². The number of benzene rings is 2. The second kappa shape index (κ2) is 7.02. The number of carbonyl (C=O) groups excluding carboxylic acids is 1. The molecule has 0 fully saturated rings. The van der Waals surface area contributed by atoms with Crippen molar-refractivity contribution in [2.75, 3.05) is 11.9 Å². The van der Waals surface area contributed by atoms with Crippen LogP contribution in [0.2, 0.25) is 0 Å². The number of hydrogen-bond donors (Lipinski definition) is 2. The van der Waals surface area contributed by atoms with Gasteiger partial charge in [-0.1, -0.05) is 34.1 Å². The van der Waals surface area contributed by atoms with E-state index in [2.05, 4.69) is 27.3 Å². The molecule has 0 unspecified atom stereocenters. The number of hydrogen-bond acceptors (Lipinski definition) is 3. The third kappa shape index (κ3) is 3.69. The van der Waals surface area contributed by atoms with Gasteiger partial charge in [0.25, 0.3) is 5.91 Å². The number of carbonyl (C=O) groups is 1. The maximum atomic E-state index is 12.4. The van der Waals surface area contributed by atoms with Crippen molar-refractivity contribution in [3.63, 3.8) is 0 Å². The Hall–Kier alpha value is -2.16. The molecule has 0 spiro atoms. The van der Waals surface area contributed by atoms with Gasteiger partial charge in [0.1, 0.15) is 6.07 Å². The third-order valence-electron chi connectivity index (χ3n) is 3.03. The molecule has 2 aromatic carbocycles. The van der Waals surface area contributed by atoms with Crippen LogP contribution in [-0.2, 0) is 6.42 Å². The lowest BCUT2D eigenvalue weighted by molar-refractivity contribution is 0.102. The Balaban J connectivity index is 2.31. The zero-order valence-electron chi connectivity index (χ0n) is 11.3. The zero-order chi connectivity index (χ0) is 15.2. The number of rotatable bonds is 4. The van der Waals surface area contributed by atoms with Crippen molar-refractivity contribution in [2.24, 2.45) is 5.73 Å². The summed E-state index contributed by atoms with van der Waals surface area (Å²) in [4.78, 5) is 12.4. The van der Waals surface area contributed by atoms with Gasteiger partial charge in [-0.3, -0.25) is 4.79 Å². The van der Waals surface area contributed by atoms with Crippen LogP contribution in [-0.4, -0.2) is 12.5 Å².